The zero-order valence-corrected chi connectivity index (χ0v) is 19.6. The number of rotatable bonds is 15. The molecular formula is C23H33FN4O7. The molecule has 0 aliphatic carbocycles. The molecule has 2 aliphatic rings. The second-order valence-corrected chi connectivity index (χ2v) is 8.22. The minimum absolute atomic E-state index is 0.0244. The number of ether oxygens (including phenoxy) is 3. The fraction of sp³-hybridized carbons (Fsp3) is 0.609. The molecule has 2 atom stereocenters. The Hall–Kier alpha value is -2.64. The number of anilines is 1. The monoisotopic (exact) mass is 496 g/mol. The van der Waals surface area contributed by atoms with E-state index in [4.69, 9.17) is 19.9 Å². The number of nitrogens with zero attached hydrogens (tertiary/aromatic N) is 1. The lowest BCUT2D eigenvalue weighted by Gasteiger charge is -2.36. The van der Waals surface area contributed by atoms with E-state index < -0.39 is 36.2 Å². The van der Waals surface area contributed by atoms with Crippen LogP contribution in [0.2, 0.25) is 0 Å². The molecule has 3 rings (SSSR count). The van der Waals surface area contributed by atoms with E-state index in [1.807, 2.05) is 0 Å². The summed E-state index contributed by atoms with van der Waals surface area (Å²) in [5.41, 5.74) is 5.80. The predicted molar refractivity (Wildman–Crippen MR) is 123 cm³/mol. The van der Waals surface area contributed by atoms with Crippen molar-refractivity contribution in [3.8, 4) is 0 Å². The number of imide groups is 1. The van der Waals surface area contributed by atoms with Gasteiger partial charge >= 0.3 is 0 Å². The lowest BCUT2D eigenvalue weighted by molar-refractivity contribution is -0.151. The maximum absolute atomic E-state index is 15.5. The fourth-order valence-corrected chi connectivity index (χ4v) is 3.87. The summed E-state index contributed by atoms with van der Waals surface area (Å²) in [5.74, 6) is -5.82. The van der Waals surface area contributed by atoms with Gasteiger partial charge in [0.1, 0.15) is 6.23 Å². The Morgan fingerprint density at radius 1 is 1.06 bits per heavy atom. The molecular weight excluding hydrogens is 463 g/mol. The Morgan fingerprint density at radius 2 is 1.71 bits per heavy atom. The van der Waals surface area contributed by atoms with Crippen LogP contribution in [0.1, 0.15) is 46.4 Å². The third-order valence-corrected chi connectivity index (χ3v) is 5.68. The second kappa shape index (κ2) is 12.9. The van der Waals surface area contributed by atoms with E-state index in [0.29, 0.717) is 69.7 Å². The normalized spacial score (nSPS) is 21.9. The number of fused-ring (bicyclic) bond motifs is 1. The summed E-state index contributed by atoms with van der Waals surface area (Å²) in [6.45, 7) is 4.00. The van der Waals surface area contributed by atoms with Crippen molar-refractivity contribution in [2.24, 2.45) is 5.73 Å². The van der Waals surface area contributed by atoms with Crippen LogP contribution < -0.4 is 16.4 Å². The van der Waals surface area contributed by atoms with Crippen LogP contribution in [-0.4, -0.2) is 92.5 Å². The van der Waals surface area contributed by atoms with Crippen molar-refractivity contribution >= 4 is 23.4 Å². The van der Waals surface area contributed by atoms with Crippen LogP contribution in [0, 0.1) is 0 Å². The molecule has 1 aromatic carbocycles. The smallest absolute Gasteiger partial charge is 0.281 e. The van der Waals surface area contributed by atoms with Crippen LogP contribution in [0.25, 0.3) is 0 Å². The number of halogens is 1. The third-order valence-electron chi connectivity index (χ3n) is 5.68. The molecule has 12 heteroatoms. The molecule has 0 spiro atoms. The van der Waals surface area contributed by atoms with Crippen LogP contribution >= 0.6 is 0 Å². The van der Waals surface area contributed by atoms with Gasteiger partial charge in [-0.05, 0) is 37.9 Å². The van der Waals surface area contributed by atoms with Crippen molar-refractivity contribution in [1.82, 2.24) is 10.2 Å². The zero-order chi connectivity index (χ0) is 25.3. The topological polar surface area (TPSA) is 152 Å². The molecule has 0 bridgehead atoms. The van der Waals surface area contributed by atoms with Gasteiger partial charge in [0, 0.05) is 31.9 Å². The van der Waals surface area contributed by atoms with E-state index in [-0.39, 0.29) is 17.5 Å². The number of aliphatic hydroxyl groups excluding tert-OH is 1. The summed E-state index contributed by atoms with van der Waals surface area (Å²) >= 11 is 0. The molecule has 0 saturated carbocycles. The quantitative estimate of drug-likeness (QED) is 0.153. The highest BCUT2D eigenvalue weighted by Gasteiger charge is 2.56. The van der Waals surface area contributed by atoms with Crippen LogP contribution in [-0.2, 0) is 19.0 Å². The summed E-state index contributed by atoms with van der Waals surface area (Å²) in [4.78, 5) is 38.4. The molecule has 2 heterocycles. The number of alkyl halides is 1. The molecule has 3 amide bonds. The van der Waals surface area contributed by atoms with Crippen LogP contribution in [0.4, 0.5) is 10.1 Å². The Morgan fingerprint density at radius 3 is 2.37 bits per heavy atom. The highest BCUT2D eigenvalue weighted by Crippen LogP contribution is 2.38. The first kappa shape index (κ1) is 27.0. The Bertz CT molecular complexity index is 903. The first-order chi connectivity index (χ1) is 16.9. The van der Waals surface area contributed by atoms with Crippen molar-refractivity contribution in [2.75, 3.05) is 58.0 Å². The van der Waals surface area contributed by atoms with Gasteiger partial charge in [-0.25, -0.2) is 9.29 Å². The number of nitrogens with one attached hydrogen (secondary N) is 2. The number of carbonyl (C=O) groups is 3. The number of carbonyl (C=O) groups excluding carboxylic acids is 3. The van der Waals surface area contributed by atoms with Gasteiger partial charge in [0.25, 0.3) is 23.5 Å². The number of benzene rings is 1. The van der Waals surface area contributed by atoms with Gasteiger partial charge in [0.15, 0.2) is 0 Å². The molecule has 194 valence electrons. The molecule has 2 aliphatic heterocycles. The van der Waals surface area contributed by atoms with Crippen LogP contribution in [0.15, 0.2) is 18.2 Å². The van der Waals surface area contributed by atoms with E-state index in [2.05, 4.69) is 10.6 Å². The van der Waals surface area contributed by atoms with Gasteiger partial charge in [-0.2, -0.15) is 0 Å². The lowest BCUT2D eigenvalue weighted by atomic mass is 10.0. The van der Waals surface area contributed by atoms with E-state index >= 15 is 4.39 Å². The van der Waals surface area contributed by atoms with Crippen molar-refractivity contribution in [3.63, 3.8) is 0 Å². The predicted octanol–water partition coefficient (Wildman–Crippen LogP) is 0.377. The van der Waals surface area contributed by atoms with E-state index in [0.717, 1.165) is 6.42 Å². The average molecular weight is 497 g/mol. The summed E-state index contributed by atoms with van der Waals surface area (Å²) < 4.78 is 31.8. The fourth-order valence-electron chi connectivity index (χ4n) is 3.87. The molecule has 2 unspecified atom stereocenters. The highest BCUT2D eigenvalue weighted by molar-refractivity contribution is 6.25. The second-order valence-electron chi connectivity index (χ2n) is 8.22. The maximum atomic E-state index is 15.5. The van der Waals surface area contributed by atoms with Gasteiger partial charge in [0.2, 0.25) is 0 Å². The van der Waals surface area contributed by atoms with Gasteiger partial charge in [-0.15, -0.1) is 0 Å². The molecule has 35 heavy (non-hydrogen) atoms. The summed E-state index contributed by atoms with van der Waals surface area (Å²) in [6, 6.07) is 4.62. The lowest BCUT2D eigenvalue weighted by Crippen LogP contribution is -2.62. The minimum atomic E-state index is -2.85. The number of amides is 3. The third kappa shape index (κ3) is 6.53. The molecule has 11 nitrogen and oxygen atoms in total. The van der Waals surface area contributed by atoms with E-state index in [1.54, 1.807) is 12.1 Å². The average Bonchev–Trinajstić information content (AvgIpc) is 3.10. The summed E-state index contributed by atoms with van der Waals surface area (Å²) in [5, 5.41) is 14.7. The van der Waals surface area contributed by atoms with Crippen LogP contribution in [0.3, 0.4) is 0 Å². The molecule has 0 radical (unpaired) electrons. The van der Waals surface area contributed by atoms with Crippen molar-refractivity contribution in [1.29, 1.82) is 0 Å². The Labute approximate surface area is 203 Å². The molecule has 1 saturated heterocycles. The maximum Gasteiger partial charge on any atom is 0.281 e. The number of nitrogens with two attached hydrogens (primary N) is 1. The largest absolute Gasteiger partial charge is 0.384 e. The van der Waals surface area contributed by atoms with Crippen molar-refractivity contribution in [3.05, 3.63) is 29.3 Å². The van der Waals surface area contributed by atoms with E-state index in [1.165, 1.54) is 6.07 Å². The number of hydrogen-bond acceptors (Lipinski definition) is 9. The highest BCUT2D eigenvalue weighted by atomic mass is 19.1. The van der Waals surface area contributed by atoms with Gasteiger partial charge in [0.05, 0.1) is 37.6 Å². The van der Waals surface area contributed by atoms with Crippen LogP contribution in [0.5, 0.6) is 0 Å². The first-order valence-electron chi connectivity index (χ1n) is 11.8. The zero-order valence-electron chi connectivity index (χ0n) is 19.6. The van der Waals surface area contributed by atoms with Crippen molar-refractivity contribution in [2.45, 2.75) is 37.7 Å². The standard InChI is InChI=1S/C23H33FN4O7/c24-23(7-6-18(29)27-22(23)32)28-20(30)16-4-1-5-17(19(16)21(28)31)26-9-3-11-34-13-15-35-14-12-33-10-2-8-25/h1,4-5,18,26,29H,2-3,6-15,25H2,(H,27,32). The minimum Gasteiger partial charge on any atom is -0.384 e. The Balaban J connectivity index is 1.43. The molecule has 1 aromatic rings. The number of aliphatic hydroxyl groups is 1. The number of piperidine rings is 1. The van der Waals surface area contributed by atoms with Gasteiger partial charge in [-0.3, -0.25) is 14.4 Å². The van der Waals surface area contributed by atoms with Gasteiger partial charge in [-0.1, -0.05) is 6.07 Å². The Kier molecular flexibility index (Phi) is 9.93. The van der Waals surface area contributed by atoms with Crippen molar-refractivity contribution < 1.29 is 38.1 Å². The number of hydrogen-bond donors (Lipinski definition) is 4. The van der Waals surface area contributed by atoms with E-state index in [9.17, 15) is 19.5 Å². The molecule has 5 N–H and O–H groups in total. The summed E-state index contributed by atoms with van der Waals surface area (Å²) in [6.07, 6.45) is -0.367. The molecule has 0 aromatic heterocycles. The first-order valence-corrected chi connectivity index (χ1v) is 11.8. The SMILES string of the molecule is NCCCOCCOCCOCCCNc1cccc2c1C(=O)N(C1(F)CCC(O)NC1=O)C2=O. The van der Waals surface area contributed by atoms with Gasteiger partial charge < -0.3 is 35.7 Å². The molecule has 1 fully saturated rings. The summed E-state index contributed by atoms with van der Waals surface area (Å²) in [7, 11) is 0.